The molecule has 0 saturated carbocycles. The van der Waals surface area contributed by atoms with Gasteiger partial charge in [0, 0.05) is 43.9 Å². The van der Waals surface area contributed by atoms with Crippen molar-refractivity contribution in [3.63, 3.8) is 0 Å². The Kier molecular flexibility index (Phi) is 5.38. The Labute approximate surface area is 174 Å². The van der Waals surface area contributed by atoms with E-state index in [1.807, 2.05) is 43.3 Å². The second-order valence-electron chi connectivity index (χ2n) is 7.08. The molecule has 4 rings (SSSR count). The molecule has 8 heteroatoms. The van der Waals surface area contributed by atoms with Crippen LogP contribution in [0.4, 0.5) is 11.5 Å². The van der Waals surface area contributed by atoms with Crippen LogP contribution in [-0.2, 0) is 0 Å². The minimum Gasteiger partial charge on any atom is -0.353 e. The van der Waals surface area contributed by atoms with Gasteiger partial charge >= 0.3 is 0 Å². The SMILES string of the molecule is Cc1nc(-c2ccccc2)cc(N2CCN(C(=O)c3ccccc3[N+](=O)[O-])CC2)n1. The summed E-state index contributed by atoms with van der Waals surface area (Å²) in [5, 5.41) is 11.2. The molecule has 0 spiro atoms. The number of benzene rings is 2. The van der Waals surface area contributed by atoms with E-state index in [4.69, 9.17) is 0 Å². The van der Waals surface area contributed by atoms with Gasteiger partial charge in [-0.25, -0.2) is 9.97 Å². The van der Waals surface area contributed by atoms with Crippen molar-refractivity contribution < 1.29 is 9.72 Å². The van der Waals surface area contributed by atoms with E-state index in [0.717, 1.165) is 17.1 Å². The lowest BCUT2D eigenvalue weighted by Crippen LogP contribution is -2.49. The molecule has 3 aromatic rings. The molecular weight excluding hydrogens is 382 g/mol. The third kappa shape index (κ3) is 3.98. The van der Waals surface area contributed by atoms with E-state index in [1.54, 1.807) is 17.0 Å². The Morgan fingerprint density at radius 1 is 0.967 bits per heavy atom. The quantitative estimate of drug-likeness (QED) is 0.490. The monoisotopic (exact) mass is 403 g/mol. The van der Waals surface area contributed by atoms with Gasteiger partial charge in [0.2, 0.25) is 0 Å². The Morgan fingerprint density at radius 2 is 1.63 bits per heavy atom. The summed E-state index contributed by atoms with van der Waals surface area (Å²) in [6.45, 7) is 3.99. The average molecular weight is 403 g/mol. The highest BCUT2D eigenvalue weighted by molar-refractivity contribution is 5.98. The average Bonchev–Trinajstić information content (AvgIpc) is 2.79. The molecule has 0 aliphatic carbocycles. The van der Waals surface area contributed by atoms with Crippen molar-refractivity contribution in [3.05, 3.63) is 82.2 Å². The van der Waals surface area contributed by atoms with Gasteiger partial charge in [0.05, 0.1) is 10.6 Å². The van der Waals surface area contributed by atoms with Gasteiger partial charge in [-0.2, -0.15) is 0 Å². The number of carbonyl (C=O) groups excluding carboxylic acids is 1. The second kappa shape index (κ2) is 8.28. The van der Waals surface area contributed by atoms with E-state index in [1.165, 1.54) is 12.1 Å². The molecule has 1 fully saturated rings. The third-order valence-electron chi connectivity index (χ3n) is 5.12. The van der Waals surface area contributed by atoms with Crippen molar-refractivity contribution in [1.82, 2.24) is 14.9 Å². The molecule has 0 atom stereocenters. The van der Waals surface area contributed by atoms with Gasteiger partial charge in [0.15, 0.2) is 0 Å². The molecule has 2 aromatic carbocycles. The number of hydrogen-bond donors (Lipinski definition) is 0. The summed E-state index contributed by atoms with van der Waals surface area (Å²) < 4.78 is 0. The van der Waals surface area contributed by atoms with Crippen LogP contribution in [0.25, 0.3) is 11.3 Å². The number of aryl methyl sites for hydroxylation is 1. The summed E-state index contributed by atoms with van der Waals surface area (Å²) in [6.07, 6.45) is 0. The van der Waals surface area contributed by atoms with Gasteiger partial charge in [-0.3, -0.25) is 14.9 Å². The lowest BCUT2D eigenvalue weighted by molar-refractivity contribution is -0.385. The van der Waals surface area contributed by atoms with E-state index in [0.29, 0.717) is 32.0 Å². The summed E-state index contributed by atoms with van der Waals surface area (Å²) in [4.78, 5) is 36.4. The fourth-order valence-corrected chi connectivity index (χ4v) is 3.59. The maximum absolute atomic E-state index is 12.8. The van der Waals surface area contributed by atoms with Crippen molar-refractivity contribution in [3.8, 4) is 11.3 Å². The zero-order chi connectivity index (χ0) is 21.1. The zero-order valence-electron chi connectivity index (χ0n) is 16.6. The standard InChI is InChI=1S/C22H21N5O3/c1-16-23-19(17-7-3-2-4-8-17)15-21(24-16)25-11-13-26(14-12-25)22(28)18-9-5-6-10-20(18)27(29)30/h2-10,15H,11-14H2,1H3. The first-order valence-electron chi connectivity index (χ1n) is 9.71. The summed E-state index contributed by atoms with van der Waals surface area (Å²) in [5.41, 5.74) is 1.84. The summed E-state index contributed by atoms with van der Waals surface area (Å²) >= 11 is 0. The van der Waals surface area contributed by atoms with Crippen molar-refractivity contribution in [2.75, 3.05) is 31.1 Å². The van der Waals surface area contributed by atoms with Crippen molar-refractivity contribution in [2.45, 2.75) is 6.92 Å². The van der Waals surface area contributed by atoms with Crippen LogP contribution in [0, 0.1) is 17.0 Å². The summed E-state index contributed by atoms with van der Waals surface area (Å²) in [5.74, 6) is 1.19. The maximum atomic E-state index is 12.8. The highest BCUT2D eigenvalue weighted by Gasteiger charge is 2.27. The number of hydrogen-bond acceptors (Lipinski definition) is 6. The largest absolute Gasteiger partial charge is 0.353 e. The molecule has 152 valence electrons. The number of aromatic nitrogens is 2. The number of nitro benzene ring substituents is 1. The van der Waals surface area contributed by atoms with Crippen LogP contribution in [0.3, 0.4) is 0 Å². The fourth-order valence-electron chi connectivity index (χ4n) is 3.59. The highest BCUT2D eigenvalue weighted by atomic mass is 16.6. The number of para-hydroxylation sites is 1. The highest BCUT2D eigenvalue weighted by Crippen LogP contribution is 2.24. The van der Waals surface area contributed by atoms with Gasteiger partial charge in [-0.15, -0.1) is 0 Å². The Balaban J connectivity index is 1.50. The molecule has 0 unspecified atom stereocenters. The number of anilines is 1. The fraction of sp³-hybridized carbons (Fsp3) is 0.227. The van der Waals surface area contributed by atoms with Crippen molar-refractivity contribution >= 4 is 17.4 Å². The normalized spacial score (nSPS) is 13.9. The molecule has 1 amide bonds. The molecule has 0 bridgehead atoms. The molecule has 1 aliphatic rings. The topological polar surface area (TPSA) is 92.5 Å². The minimum absolute atomic E-state index is 0.125. The van der Waals surface area contributed by atoms with Crippen molar-refractivity contribution in [1.29, 1.82) is 0 Å². The first kappa shape index (κ1) is 19.5. The zero-order valence-corrected chi connectivity index (χ0v) is 16.6. The van der Waals surface area contributed by atoms with Crippen LogP contribution in [0.1, 0.15) is 16.2 Å². The number of nitro groups is 1. The van der Waals surface area contributed by atoms with Crippen LogP contribution in [-0.4, -0.2) is 51.9 Å². The number of carbonyl (C=O) groups is 1. The minimum atomic E-state index is -0.516. The Hall–Kier alpha value is -3.81. The maximum Gasteiger partial charge on any atom is 0.282 e. The molecule has 1 aliphatic heterocycles. The van der Waals surface area contributed by atoms with Crippen molar-refractivity contribution in [2.24, 2.45) is 0 Å². The van der Waals surface area contributed by atoms with E-state index in [9.17, 15) is 14.9 Å². The van der Waals surface area contributed by atoms with Gasteiger partial charge in [-0.05, 0) is 13.0 Å². The second-order valence-corrected chi connectivity index (χ2v) is 7.08. The molecule has 2 heterocycles. The number of rotatable bonds is 4. The van der Waals surface area contributed by atoms with Crippen LogP contribution in [0.5, 0.6) is 0 Å². The number of piperazine rings is 1. The lowest BCUT2D eigenvalue weighted by Gasteiger charge is -2.35. The van der Waals surface area contributed by atoms with E-state index in [-0.39, 0.29) is 17.2 Å². The van der Waals surface area contributed by atoms with E-state index >= 15 is 0 Å². The Morgan fingerprint density at radius 3 is 2.33 bits per heavy atom. The first-order valence-corrected chi connectivity index (χ1v) is 9.71. The number of nitrogens with zero attached hydrogens (tertiary/aromatic N) is 5. The molecule has 0 N–H and O–H groups in total. The first-order chi connectivity index (χ1) is 14.5. The summed E-state index contributed by atoms with van der Waals surface area (Å²) in [6, 6.07) is 18.0. The molecular formula is C22H21N5O3. The van der Waals surface area contributed by atoms with Crippen LogP contribution in [0.15, 0.2) is 60.7 Å². The molecule has 8 nitrogen and oxygen atoms in total. The predicted molar refractivity (Wildman–Crippen MR) is 113 cm³/mol. The lowest BCUT2D eigenvalue weighted by atomic mass is 10.1. The third-order valence-corrected chi connectivity index (χ3v) is 5.12. The predicted octanol–water partition coefficient (Wildman–Crippen LogP) is 3.32. The van der Waals surface area contributed by atoms with Gasteiger partial charge < -0.3 is 9.80 Å². The Bertz CT molecular complexity index is 1080. The van der Waals surface area contributed by atoms with E-state index < -0.39 is 4.92 Å². The van der Waals surface area contributed by atoms with Crippen LogP contribution in [0.2, 0.25) is 0 Å². The van der Waals surface area contributed by atoms with Crippen LogP contribution < -0.4 is 4.90 Å². The van der Waals surface area contributed by atoms with Crippen LogP contribution >= 0.6 is 0 Å². The molecule has 30 heavy (non-hydrogen) atoms. The van der Waals surface area contributed by atoms with E-state index in [2.05, 4.69) is 14.9 Å². The van der Waals surface area contributed by atoms with Gasteiger partial charge in [-0.1, -0.05) is 42.5 Å². The number of amides is 1. The van der Waals surface area contributed by atoms with Gasteiger partial charge in [0.1, 0.15) is 17.2 Å². The molecule has 0 radical (unpaired) electrons. The summed E-state index contributed by atoms with van der Waals surface area (Å²) in [7, 11) is 0. The molecule has 1 aromatic heterocycles. The smallest absolute Gasteiger partial charge is 0.282 e. The van der Waals surface area contributed by atoms with Gasteiger partial charge in [0.25, 0.3) is 11.6 Å². The molecule has 1 saturated heterocycles.